The Hall–Kier alpha value is -3.15. The number of hydrogen-bond donors (Lipinski definition) is 1. The van der Waals surface area contributed by atoms with Gasteiger partial charge in [0.1, 0.15) is 30.1 Å². The molecule has 6 heteroatoms. The van der Waals surface area contributed by atoms with Crippen molar-refractivity contribution >= 4 is 11.6 Å². The number of carbonyl (C=O) groups excluding carboxylic acids is 1. The number of halogens is 1. The molecular formula is C20H17FN2O3. The molecule has 3 aromatic rings. The van der Waals surface area contributed by atoms with Crippen molar-refractivity contribution in [3.63, 3.8) is 0 Å². The van der Waals surface area contributed by atoms with Crippen molar-refractivity contribution < 1.29 is 18.3 Å². The van der Waals surface area contributed by atoms with E-state index in [2.05, 4.69) is 10.3 Å². The van der Waals surface area contributed by atoms with Crippen molar-refractivity contribution in [3.8, 4) is 17.2 Å². The largest absolute Gasteiger partial charge is 0.487 e. The SMILES string of the molecule is O=C(Nc1ccc(OCc2coc(-c3ccc(F)cc3)n2)cc1)C1CC1. The maximum Gasteiger partial charge on any atom is 0.227 e. The van der Waals surface area contributed by atoms with Gasteiger partial charge in [0.05, 0.1) is 0 Å². The Kier molecular flexibility index (Phi) is 4.39. The number of aromatic nitrogens is 1. The molecule has 1 aromatic heterocycles. The Bertz CT molecular complexity index is 900. The molecule has 0 saturated heterocycles. The molecule has 1 N–H and O–H groups in total. The number of benzene rings is 2. The minimum Gasteiger partial charge on any atom is -0.487 e. The number of hydrogen-bond acceptors (Lipinski definition) is 4. The lowest BCUT2D eigenvalue weighted by Crippen LogP contribution is -2.13. The van der Waals surface area contributed by atoms with E-state index in [1.165, 1.54) is 18.4 Å². The molecule has 1 saturated carbocycles. The number of ether oxygens (including phenoxy) is 1. The summed E-state index contributed by atoms with van der Waals surface area (Å²) in [6, 6.07) is 13.1. The van der Waals surface area contributed by atoms with Gasteiger partial charge in [-0.25, -0.2) is 9.37 Å². The quantitative estimate of drug-likeness (QED) is 0.714. The monoisotopic (exact) mass is 352 g/mol. The highest BCUT2D eigenvalue weighted by molar-refractivity contribution is 5.94. The zero-order chi connectivity index (χ0) is 17.9. The van der Waals surface area contributed by atoms with Crippen LogP contribution < -0.4 is 10.1 Å². The summed E-state index contributed by atoms with van der Waals surface area (Å²) in [5.41, 5.74) is 2.10. The fourth-order valence-corrected chi connectivity index (χ4v) is 2.48. The smallest absolute Gasteiger partial charge is 0.227 e. The molecule has 1 aliphatic rings. The molecule has 4 rings (SSSR count). The lowest BCUT2D eigenvalue weighted by molar-refractivity contribution is -0.117. The highest BCUT2D eigenvalue weighted by Crippen LogP contribution is 2.30. The van der Waals surface area contributed by atoms with E-state index in [1.54, 1.807) is 24.3 Å². The number of oxazole rings is 1. The molecule has 0 aliphatic heterocycles. The second kappa shape index (κ2) is 7.00. The van der Waals surface area contributed by atoms with Crippen molar-refractivity contribution in [2.45, 2.75) is 19.4 Å². The molecule has 5 nitrogen and oxygen atoms in total. The van der Waals surface area contributed by atoms with Gasteiger partial charge in [-0.1, -0.05) is 0 Å². The molecule has 1 heterocycles. The standard InChI is InChI=1S/C20H17FN2O3/c21-15-5-3-14(4-6-15)20-23-17(12-26-20)11-25-18-9-7-16(8-10-18)22-19(24)13-1-2-13/h3-10,12-13H,1-2,11H2,(H,22,24). The Morgan fingerprint density at radius 1 is 1.15 bits per heavy atom. The second-order valence-electron chi connectivity index (χ2n) is 6.23. The Morgan fingerprint density at radius 2 is 1.88 bits per heavy atom. The number of anilines is 1. The first-order valence-electron chi connectivity index (χ1n) is 8.41. The maximum atomic E-state index is 13.0. The molecule has 2 aromatic carbocycles. The van der Waals surface area contributed by atoms with E-state index < -0.39 is 0 Å². The molecule has 0 unspecified atom stereocenters. The molecule has 1 fully saturated rings. The number of carbonyl (C=O) groups is 1. The Labute approximate surface area is 149 Å². The van der Waals surface area contributed by atoms with Crippen molar-refractivity contribution in [2.75, 3.05) is 5.32 Å². The molecule has 0 atom stereocenters. The summed E-state index contributed by atoms with van der Waals surface area (Å²) in [6.07, 6.45) is 3.47. The van der Waals surface area contributed by atoms with Gasteiger partial charge >= 0.3 is 0 Å². The number of nitrogens with one attached hydrogen (secondary N) is 1. The van der Waals surface area contributed by atoms with Crippen LogP contribution in [-0.2, 0) is 11.4 Å². The van der Waals surface area contributed by atoms with Crippen molar-refractivity contribution in [2.24, 2.45) is 5.92 Å². The highest BCUT2D eigenvalue weighted by atomic mass is 19.1. The van der Waals surface area contributed by atoms with Crippen molar-refractivity contribution in [3.05, 3.63) is 66.3 Å². The zero-order valence-corrected chi connectivity index (χ0v) is 13.9. The molecule has 26 heavy (non-hydrogen) atoms. The first kappa shape index (κ1) is 16.3. The molecule has 0 radical (unpaired) electrons. The van der Waals surface area contributed by atoms with E-state index in [9.17, 15) is 9.18 Å². The minimum absolute atomic E-state index is 0.0783. The van der Waals surface area contributed by atoms with Crippen LogP contribution in [-0.4, -0.2) is 10.9 Å². The van der Waals surface area contributed by atoms with Crippen molar-refractivity contribution in [1.29, 1.82) is 0 Å². The van der Waals surface area contributed by atoms with Gasteiger partial charge in [-0.3, -0.25) is 4.79 Å². The number of rotatable bonds is 6. The average molecular weight is 352 g/mol. The lowest BCUT2D eigenvalue weighted by Gasteiger charge is -2.07. The first-order valence-corrected chi connectivity index (χ1v) is 8.41. The fourth-order valence-electron chi connectivity index (χ4n) is 2.48. The van der Waals surface area contributed by atoms with Crippen LogP contribution in [0.25, 0.3) is 11.5 Å². The zero-order valence-electron chi connectivity index (χ0n) is 13.9. The summed E-state index contributed by atoms with van der Waals surface area (Å²) < 4.78 is 24.1. The van der Waals surface area contributed by atoms with Crippen LogP contribution in [0.5, 0.6) is 5.75 Å². The van der Waals surface area contributed by atoms with Gasteiger partial charge in [-0.2, -0.15) is 0 Å². The van der Waals surface area contributed by atoms with Gasteiger partial charge in [-0.05, 0) is 61.4 Å². The topological polar surface area (TPSA) is 64.4 Å². The first-order chi connectivity index (χ1) is 12.7. The third-order valence-corrected chi connectivity index (χ3v) is 4.10. The average Bonchev–Trinajstić information content (AvgIpc) is 3.41. The Morgan fingerprint density at radius 3 is 2.58 bits per heavy atom. The van der Waals surface area contributed by atoms with Gasteiger partial charge < -0.3 is 14.5 Å². The van der Waals surface area contributed by atoms with Gasteiger partial charge in [0, 0.05) is 17.2 Å². The Balaban J connectivity index is 1.33. The third kappa shape index (κ3) is 3.91. The van der Waals surface area contributed by atoms with Crippen LogP contribution >= 0.6 is 0 Å². The lowest BCUT2D eigenvalue weighted by atomic mass is 10.2. The van der Waals surface area contributed by atoms with Gasteiger partial charge in [0.25, 0.3) is 0 Å². The predicted octanol–water partition coefficient (Wildman–Crippen LogP) is 4.41. The van der Waals surface area contributed by atoms with Crippen LogP contribution in [0.4, 0.5) is 10.1 Å². The van der Waals surface area contributed by atoms with Crippen LogP contribution in [0, 0.1) is 11.7 Å². The normalized spacial score (nSPS) is 13.4. The molecule has 0 bridgehead atoms. The van der Waals surface area contributed by atoms with Crippen molar-refractivity contribution in [1.82, 2.24) is 4.98 Å². The van der Waals surface area contributed by atoms with Gasteiger partial charge in [-0.15, -0.1) is 0 Å². The molecule has 132 valence electrons. The van der Waals surface area contributed by atoms with Crippen LogP contribution in [0.15, 0.2) is 59.2 Å². The molecular weight excluding hydrogens is 335 g/mol. The summed E-state index contributed by atoms with van der Waals surface area (Å²) in [5, 5.41) is 2.88. The maximum absolute atomic E-state index is 13.0. The molecule has 1 aliphatic carbocycles. The molecule has 0 spiro atoms. The van der Waals surface area contributed by atoms with E-state index in [1.807, 2.05) is 12.1 Å². The van der Waals surface area contributed by atoms with E-state index >= 15 is 0 Å². The summed E-state index contributed by atoms with van der Waals surface area (Å²) in [7, 11) is 0. The van der Waals surface area contributed by atoms with Crippen LogP contribution in [0.2, 0.25) is 0 Å². The van der Waals surface area contributed by atoms with E-state index in [0.29, 0.717) is 22.9 Å². The van der Waals surface area contributed by atoms with E-state index in [-0.39, 0.29) is 24.2 Å². The fraction of sp³-hybridized carbons (Fsp3) is 0.200. The van der Waals surface area contributed by atoms with Gasteiger partial charge in [0.15, 0.2) is 0 Å². The summed E-state index contributed by atoms with van der Waals surface area (Å²) in [6.45, 7) is 0.248. The third-order valence-electron chi connectivity index (χ3n) is 4.10. The minimum atomic E-state index is -0.305. The second-order valence-corrected chi connectivity index (χ2v) is 6.23. The van der Waals surface area contributed by atoms with Crippen LogP contribution in [0.3, 0.4) is 0 Å². The summed E-state index contributed by atoms with van der Waals surface area (Å²) >= 11 is 0. The summed E-state index contributed by atoms with van der Waals surface area (Å²) in [5.74, 6) is 1.03. The van der Waals surface area contributed by atoms with E-state index in [0.717, 1.165) is 18.5 Å². The van der Waals surface area contributed by atoms with Gasteiger partial charge in [0.2, 0.25) is 11.8 Å². The molecule has 1 amide bonds. The summed E-state index contributed by atoms with van der Waals surface area (Å²) in [4.78, 5) is 16.1. The van der Waals surface area contributed by atoms with E-state index in [4.69, 9.17) is 9.15 Å². The number of amides is 1. The van der Waals surface area contributed by atoms with Crippen LogP contribution in [0.1, 0.15) is 18.5 Å². The highest BCUT2D eigenvalue weighted by Gasteiger charge is 2.29. The number of nitrogens with zero attached hydrogens (tertiary/aromatic N) is 1. The predicted molar refractivity (Wildman–Crippen MR) is 94.0 cm³/mol.